The Bertz CT molecular complexity index is 359. The van der Waals surface area contributed by atoms with Gasteiger partial charge in [-0.15, -0.1) is 11.6 Å². The zero-order valence-electron chi connectivity index (χ0n) is 10.0. The minimum absolute atomic E-state index is 0.515. The fourth-order valence-electron chi connectivity index (χ4n) is 1.55. The van der Waals surface area contributed by atoms with Crippen LogP contribution in [0.4, 0.5) is 5.69 Å². The lowest BCUT2D eigenvalue weighted by molar-refractivity contribution is 0.205. The molecule has 1 aromatic rings. The van der Waals surface area contributed by atoms with Gasteiger partial charge in [-0.25, -0.2) is 0 Å². The Morgan fingerprint density at radius 1 is 1.29 bits per heavy atom. The van der Waals surface area contributed by atoms with Gasteiger partial charge in [0.15, 0.2) is 0 Å². The topological polar surface area (TPSA) is 36.3 Å². The van der Waals surface area contributed by atoms with Gasteiger partial charge in [0.1, 0.15) is 0 Å². The third-order valence-corrected chi connectivity index (χ3v) is 2.82. The van der Waals surface area contributed by atoms with Crippen LogP contribution in [0.5, 0.6) is 0 Å². The zero-order chi connectivity index (χ0) is 12.5. The summed E-state index contributed by atoms with van der Waals surface area (Å²) in [5, 5.41) is 8.64. The van der Waals surface area contributed by atoms with Gasteiger partial charge in [-0.1, -0.05) is 12.1 Å². The van der Waals surface area contributed by atoms with E-state index in [2.05, 4.69) is 11.0 Å². The van der Waals surface area contributed by atoms with Crippen LogP contribution in [-0.4, -0.2) is 26.8 Å². The minimum Gasteiger partial charge on any atom is -0.383 e. The predicted octanol–water partition coefficient (Wildman–Crippen LogP) is 2.79. The van der Waals surface area contributed by atoms with Gasteiger partial charge in [-0.05, 0) is 17.7 Å². The standard InChI is InChI=1S/C13H17ClN2O/c1-17-10-9-16(8-2-7-15)13-5-3-12(11-14)4-6-13/h3-6H,2,8-11H2,1H3. The predicted molar refractivity (Wildman–Crippen MR) is 70.3 cm³/mol. The number of hydrogen-bond acceptors (Lipinski definition) is 3. The Kier molecular flexibility index (Phi) is 6.46. The van der Waals surface area contributed by atoms with Gasteiger partial charge in [-0.2, -0.15) is 5.26 Å². The molecular formula is C13H17ClN2O. The van der Waals surface area contributed by atoms with Crippen molar-refractivity contribution < 1.29 is 4.74 Å². The first-order valence-corrected chi connectivity index (χ1v) is 6.11. The molecule has 0 spiro atoms. The summed E-state index contributed by atoms with van der Waals surface area (Å²) in [7, 11) is 1.68. The van der Waals surface area contributed by atoms with Crippen LogP contribution >= 0.6 is 11.6 Å². The molecular weight excluding hydrogens is 236 g/mol. The molecule has 0 atom stereocenters. The molecule has 3 nitrogen and oxygen atoms in total. The third kappa shape index (κ3) is 4.64. The van der Waals surface area contributed by atoms with Gasteiger partial charge >= 0.3 is 0 Å². The first-order chi connectivity index (χ1) is 8.31. The van der Waals surface area contributed by atoms with Gasteiger partial charge in [0.2, 0.25) is 0 Å². The van der Waals surface area contributed by atoms with E-state index in [0.29, 0.717) is 18.9 Å². The maximum Gasteiger partial charge on any atom is 0.0640 e. The molecule has 0 heterocycles. The highest BCUT2D eigenvalue weighted by Gasteiger charge is 2.05. The van der Waals surface area contributed by atoms with Gasteiger partial charge in [0, 0.05) is 31.8 Å². The fraction of sp³-hybridized carbons (Fsp3) is 0.462. The Hall–Kier alpha value is -1.24. The summed E-state index contributed by atoms with van der Waals surface area (Å²) in [5.74, 6) is 0.524. The van der Waals surface area contributed by atoms with E-state index >= 15 is 0 Å². The molecule has 0 aliphatic heterocycles. The van der Waals surface area contributed by atoms with Gasteiger partial charge in [-0.3, -0.25) is 0 Å². The molecule has 0 amide bonds. The molecule has 4 heteroatoms. The second kappa shape index (κ2) is 7.94. The highest BCUT2D eigenvalue weighted by molar-refractivity contribution is 6.17. The second-order valence-electron chi connectivity index (χ2n) is 3.69. The molecule has 0 aromatic heterocycles. The van der Waals surface area contributed by atoms with Crippen molar-refractivity contribution in [3.05, 3.63) is 29.8 Å². The highest BCUT2D eigenvalue weighted by Crippen LogP contribution is 2.16. The number of methoxy groups -OCH3 is 1. The molecule has 0 saturated carbocycles. The Morgan fingerprint density at radius 2 is 2.00 bits per heavy atom. The number of rotatable bonds is 7. The maximum atomic E-state index is 8.64. The highest BCUT2D eigenvalue weighted by atomic mass is 35.5. The molecule has 0 fully saturated rings. The lowest BCUT2D eigenvalue weighted by Crippen LogP contribution is -2.28. The molecule has 0 radical (unpaired) electrons. The van der Waals surface area contributed by atoms with Crippen LogP contribution in [-0.2, 0) is 10.6 Å². The maximum absolute atomic E-state index is 8.64. The summed E-state index contributed by atoms with van der Waals surface area (Å²) in [6, 6.07) is 10.2. The number of hydrogen-bond donors (Lipinski definition) is 0. The average Bonchev–Trinajstić information content (AvgIpc) is 2.39. The quantitative estimate of drug-likeness (QED) is 0.700. The van der Waals surface area contributed by atoms with Crippen LogP contribution in [0.3, 0.4) is 0 Å². The van der Waals surface area contributed by atoms with E-state index < -0.39 is 0 Å². The SMILES string of the molecule is COCCN(CCC#N)c1ccc(CCl)cc1. The largest absolute Gasteiger partial charge is 0.383 e. The molecule has 0 bridgehead atoms. The van der Waals surface area contributed by atoms with Gasteiger partial charge in [0.05, 0.1) is 19.1 Å². The van der Waals surface area contributed by atoms with Gasteiger partial charge in [0.25, 0.3) is 0 Å². The Morgan fingerprint density at radius 3 is 2.53 bits per heavy atom. The van der Waals surface area contributed by atoms with E-state index in [1.165, 1.54) is 0 Å². The zero-order valence-corrected chi connectivity index (χ0v) is 10.8. The molecule has 0 N–H and O–H groups in total. The van der Waals surface area contributed by atoms with Crippen LogP contribution in [0.15, 0.2) is 24.3 Å². The van der Waals surface area contributed by atoms with Crippen molar-refractivity contribution in [1.29, 1.82) is 5.26 Å². The van der Waals surface area contributed by atoms with Crippen molar-refractivity contribution in [2.24, 2.45) is 0 Å². The number of alkyl halides is 1. The molecule has 1 rings (SSSR count). The summed E-state index contributed by atoms with van der Waals surface area (Å²) >= 11 is 5.75. The lowest BCUT2D eigenvalue weighted by atomic mass is 10.2. The van der Waals surface area contributed by atoms with Crippen molar-refractivity contribution in [2.75, 3.05) is 31.7 Å². The minimum atomic E-state index is 0.515. The van der Waals surface area contributed by atoms with Crippen LogP contribution in [0, 0.1) is 11.3 Å². The van der Waals surface area contributed by atoms with Gasteiger partial charge < -0.3 is 9.64 Å². The number of benzene rings is 1. The monoisotopic (exact) mass is 252 g/mol. The van der Waals surface area contributed by atoms with Crippen molar-refractivity contribution in [3.8, 4) is 6.07 Å². The first-order valence-electron chi connectivity index (χ1n) is 5.57. The second-order valence-corrected chi connectivity index (χ2v) is 3.96. The number of ether oxygens (including phenoxy) is 1. The van der Waals surface area contributed by atoms with Crippen molar-refractivity contribution in [1.82, 2.24) is 0 Å². The van der Waals surface area contributed by atoms with E-state index in [1.807, 2.05) is 24.3 Å². The van der Waals surface area contributed by atoms with Crippen LogP contribution in [0.2, 0.25) is 0 Å². The summed E-state index contributed by atoms with van der Waals surface area (Å²) in [6.45, 7) is 2.17. The first kappa shape index (κ1) is 13.8. The summed E-state index contributed by atoms with van der Waals surface area (Å²) in [6.07, 6.45) is 0.515. The van der Waals surface area contributed by atoms with E-state index in [1.54, 1.807) is 7.11 Å². The van der Waals surface area contributed by atoms with E-state index in [9.17, 15) is 0 Å². The fourth-order valence-corrected chi connectivity index (χ4v) is 1.73. The number of anilines is 1. The van der Waals surface area contributed by atoms with Crippen molar-refractivity contribution in [2.45, 2.75) is 12.3 Å². The number of nitrogens with zero attached hydrogens (tertiary/aromatic N) is 2. The molecule has 92 valence electrons. The molecule has 0 aliphatic carbocycles. The summed E-state index contributed by atoms with van der Waals surface area (Å²) < 4.78 is 5.07. The normalized spacial score (nSPS) is 9.94. The van der Waals surface area contributed by atoms with E-state index in [4.69, 9.17) is 21.6 Å². The van der Waals surface area contributed by atoms with Crippen molar-refractivity contribution in [3.63, 3.8) is 0 Å². The van der Waals surface area contributed by atoms with E-state index in [-0.39, 0.29) is 0 Å². The molecule has 17 heavy (non-hydrogen) atoms. The summed E-state index contributed by atoms with van der Waals surface area (Å²) in [5.41, 5.74) is 2.20. The van der Waals surface area contributed by atoms with Crippen LogP contribution in [0.25, 0.3) is 0 Å². The molecule has 1 aromatic carbocycles. The number of halogens is 1. The molecule has 0 saturated heterocycles. The lowest BCUT2D eigenvalue weighted by Gasteiger charge is -2.23. The van der Waals surface area contributed by atoms with E-state index in [0.717, 1.165) is 24.3 Å². The average molecular weight is 253 g/mol. The Balaban J connectivity index is 2.69. The van der Waals surface area contributed by atoms with Crippen LogP contribution in [0.1, 0.15) is 12.0 Å². The van der Waals surface area contributed by atoms with Crippen LogP contribution < -0.4 is 4.90 Å². The molecule has 0 unspecified atom stereocenters. The molecule has 0 aliphatic rings. The summed E-state index contributed by atoms with van der Waals surface area (Å²) in [4.78, 5) is 2.14. The number of nitriles is 1. The van der Waals surface area contributed by atoms with Crippen molar-refractivity contribution >= 4 is 17.3 Å². The third-order valence-electron chi connectivity index (χ3n) is 2.51. The smallest absolute Gasteiger partial charge is 0.0640 e. The Labute approximate surface area is 108 Å².